The van der Waals surface area contributed by atoms with Crippen molar-refractivity contribution in [1.82, 2.24) is 50.3 Å². The first kappa shape index (κ1) is 71.7. The molecule has 3 aliphatic heterocycles. The minimum absolute atomic E-state index is 0. The fraction of sp³-hybridized carbons (Fsp3) is 0.299. The number of nitrogens with one attached hydrogen (secondary N) is 1. The minimum atomic E-state index is -1.08. The molecule has 5 N–H and O–H groups in total. The van der Waals surface area contributed by atoms with Gasteiger partial charge >= 0.3 is 18.2 Å². The molecule has 0 spiro atoms. The molecular formula is C67H66ClF3N12O12. The molecular weight excluding hydrogens is 1260 g/mol. The highest BCUT2D eigenvalue weighted by Gasteiger charge is 2.37. The van der Waals surface area contributed by atoms with E-state index in [1.54, 1.807) is 99.9 Å². The number of aromatic nitrogens is 7. The number of amidine groups is 1. The van der Waals surface area contributed by atoms with Crippen LogP contribution in [0.5, 0.6) is 0 Å². The van der Waals surface area contributed by atoms with Crippen LogP contribution in [0.25, 0.3) is 23.0 Å². The minimum Gasteiger partial charge on any atom is -0.480 e. The van der Waals surface area contributed by atoms with Crippen molar-refractivity contribution in [1.29, 1.82) is 0 Å². The zero-order valence-corrected chi connectivity index (χ0v) is 53.1. The molecule has 2 amide bonds. The smallest absolute Gasteiger partial charge is 0.411 e. The zero-order valence-electron chi connectivity index (χ0n) is 52.3. The van der Waals surface area contributed by atoms with Crippen LogP contribution in [-0.2, 0) is 28.5 Å². The van der Waals surface area contributed by atoms with E-state index in [1.165, 1.54) is 52.4 Å². The number of carboxylic acids is 1. The third kappa shape index (κ3) is 22.5. The Hall–Kier alpha value is -10.7. The Bertz CT molecular complexity index is 4110. The first-order chi connectivity index (χ1) is 45.1. The van der Waals surface area contributed by atoms with Crippen LogP contribution < -0.4 is 11.1 Å². The van der Waals surface area contributed by atoms with Crippen LogP contribution in [0.15, 0.2) is 142 Å². The van der Waals surface area contributed by atoms with Crippen molar-refractivity contribution in [2.45, 2.75) is 70.9 Å². The molecule has 8 heterocycles. The van der Waals surface area contributed by atoms with Crippen molar-refractivity contribution in [3.8, 4) is 58.6 Å². The molecule has 3 atom stereocenters. The van der Waals surface area contributed by atoms with Crippen LogP contribution >= 0.6 is 12.4 Å². The van der Waals surface area contributed by atoms with Crippen molar-refractivity contribution in [2.75, 3.05) is 59.3 Å². The number of halogens is 4. The lowest BCUT2D eigenvalue weighted by Crippen LogP contribution is -2.53. The predicted molar refractivity (Wildman–Crippen MR) is 339 cm³/mol. The number of hydrogen-bond donors (Lipinski definition) is 4. The molecule has 3 aromatic carbocycles. The largest absolute Gasteiger partial charge is 0.480 e. The van der Waals surface area contributed by atoms with Gasteiger partial charge in [0.05, 0.1) is 39.6 Å². The summed E-state index contributed by atoms with van der Waals surface area (Å²) in [5, 5.41) is 31.5. The summed E-state index contributed by atoms with van der Waals surface area (Å²) in [5.41, 5.74) is 9.36. The van der Waals surface area contributed by atoms with E-state index in [1.807, 2.05) is 26.8 Å². The number of oxime groups is 1. The van der Waals surface area contributed by atoms with Gasteiger partial charge in [-0.15, -0.1) is 12.4 Å². The van der Waals surface area contributed by atoms with Gasteiger partial charge in [0.25, 0.3) is 5.89 Å². The average molecular weight is 1320 g/mol. The lowest BCUT2D eigenvalue weighted by molar-refractivity contribution is -0.149. The lowest BCUT2D eigenvalue weighted by atomic mass is 10.2. The highest BCUT2D eigenvalue weighted by atomic mass is 35.5. The Morgan fingerprint density at radius 2 is 1.03 bits per heavy atom. The summed E-state index contributed by atoms with van der Waals surface area (Å²) in [6.45, 7) is 14.1. The topological polar surface area (TPSA) is 311 Å². The first-order valence-corrected chi connectivity index (χ1v) is 29.1. The molecule has 28 heteroatoms. The van der Waals surface area contributed by atoms with Crippen molar-refractivity contribution in [3.63, 3.8) is 0 Å². The van der Waals surface area contributed by atoms with E-state index < -0.39 is 41.4 Å². The molecule has 0 radical (unpaired) electrons. The number of ether oxygens (including phenoxy) is 5. The highest BCUT2D eigenvalue weighted by molar-refractivity contribution is 5.95. The summed E-state index contributed by atoms with van der Waals surface area (Å²) in [4.78, 5) is 59.4. The van der Waals surface area contributed by atoms with Gasteiger partial charge in [-0.05, 0) is 133 Å². The second-order valence-electron chi connectivity index (χ2n) is 22.4. The summed E-state index contributed by atoms with van der Waals surface area (Å²) in [6, 6.07) is 27.0. The number of carbonyl (C=O) groups excluding carboxylic acids is 2. The number of morpholine rings is 3. The van der Waals surface area contributed by atoms with E-state index in [9.17, 15) is 27.6 Å². The fourth-order valence-corrected chi connectivity index (χ4v) is 8.38. The molecule has 3 fully saturated rings. The van der Waals surface area contributed by atoms with Gasteiger partial charge in [0.1, 0.15) is 57.8 Å². The number of pyridine rings is 3. The van der Waals surface area contributed by atoms with Crippen LogP contribution in [0.2, 0.25) is 0 Å². The third-order valence-electron chi connectivity index (χ3n) is 12.8. The van der Waals surface area contributed by atoms with Gasteiger partial charge in [-0.2, -0.15) is 9.97 Å². The number of carbonyl (C=O) groups is 3. The van der Waals surface area contributed by atoms with Gasteiger partial charge in [0.15, 0.2) is 11.9 Å². The van der Waals surface area contributed by atoms with Gasteiger partial charge in [-0.25, -0.2) is 27.6 Å². The SMILES string of the molecule is CC(C)(C)OC(=O)N1CCOCC1C(=O)O.CC(C)(C)OC(=O)N1CCOCC1c1nc(-c2ccc(C#Cc3cccc(F)c3)cn2)no1.Cl.Fc1cccc(C#Cc2ccc(-c3noc(C4COCCN4)n3)nc2)c1.N/C(=N\O)c1ccc(C#Cc2cccc(F)c2)cn1. The van der Waals surface area contributed by atoms with Gasteiger partial charge in [-0.1, -0.05) is 69.2 Å². The summed E-state index contributed by atoms with van der Waals surface area (Å²) in [6.07, 6.45) is 3.63. The molecule has 3 saturated heterocycles. The van der Waals surface area contributed by atoms with Gasteiger partial charge < -0.3 is 54.1 Å². The molecule has 494 valence electrons. The van der Waals surface area contributed by atoms with E-state index in [0.717, 1.165) is 6.54 Å². The Kier molecular flexibility index (Phi) is 25.9. The Morgan fingerprint density at radius 1 is 0.589 bits per heavy atom. The van der Waals surface area contributed by atoms with Crippen molar-refractivity contribution in [3.05, 3.63) is 196 Å². The number of amides is 2. The third-order valence-corrected chi connectivity index (χ3v) is 12.8. The highest BCUT2D eigenvalue weighted by Crippen LogP contribution is 2.27. The molecule has 0 saturated carbocycles. The van der Waals surface area contributed by atoms with Crippen LogP contribution in [-0.4, -0.2) is 156 Å². The fourth-order valence-electron chi connectivity index (χ4n) is 8.38. The first-order valence-electron chi connectivity index (χ1n) is 29.1. The van der Waals surface area contributed by atoms with Crippen molar-refractivity contribution in [2.24, 2.45) is 10.9 Å². The van der Waals surface area contributed by atoms with Crippen LogP contribution in [0.3, 0.4) is 0 Å². The predicted octanol–water partition coefficient (Wildman–Crippen LogP) is 9.15. The number of rotatable bonds is 6. The number of nitrogens with two attached hydrogens (primary N) is 1. The summed E-state index contributed by atoms with van der Waals surface area (Å²) in [5.74, 6) is 16.7. The van der Waals surface area contributed by atoms with Crippen molar-refractivity contribution < 1.29 is 70.6 Å². The van der Waals surface area contributed by atoms with Crippen LogP contribution in [0, 0.1) is 53.0 Å². The number of nitrogens with zero attached hydrogens (tertiary/aromatic N) is 10. The monoisotopic (exact) mass is 1320 g/mol. The van der Waals surface area contributed by atoms with Crippen LogP contribution in [0.4, 0.5) is 22.8 Å². The molecule has 3 aliphatic rings. The summed E-state index contributed by atoms with van der Waals surface area (Å²) >= 11 is 0. The number of hydrogen-bond acceptors (Lipinski definition) is 20. The quantitative estimate of drug-likeness (QED) is 0.0396. The normalized spacial score (nSPS) is 16.0. The van der Waals surface area contributed by atoms with E-state index in [-0.39, 0.29) is 73.2 Å². The van der Waals surface area contributed by atoms with E-state index >= 15 is 0 Å². The van der Waals surface area contributed by atoms with E-state index in [4.69, 9.17) is 48.8 Å². The maximum atomic E-state index is 13.3. The average Bonchev–Trinajstić information content (AvgIpc) is 1.77. The molecule has 95 heavy (non-hydrogen) atoms. The molecule has 3 unspecified atom stereocenters. The van der Waals surface area contributed by atoms with Gasteiger partial charge in [-0.3, -0.25) is 24.8 Å². The summed E-state index contributed by atoms with van der Waals surface area (Å²) < 4.78 is 76.6. The maximum absolute atomic E-state index is 13.3. The molecule has 0 aliphatic carbocycles. The van der Waals surface area contributed by atoms with Crippen molar-refractivity contribution >= 4 is 36.4 Å². The number of benzene rings is 3. The lowest BCUT2D eigenvalue weighted by Gasteiger charge is -2.34. The Labute approximate surface area is 550 Å². The molecule has 5 aromatic heterocycles. The Balaban J connectivity index is 0.000000185. The standard InChI is InChI=1S/C24H23FN4O4.C19H15FN4O2.C14H10FN3O.C10H17NO5.ClH/c1-24(2,3)32-23(30)29-11-12-31-15-20(29)22-27-21(28-33-22)19-10-9-17(14-26-19)8-7-16-5-4-6-18(25)13-16;20-15-3-1-2-13(10-15)4-5-14-6-7-16(22-11-14)18-23-19(26-24-18)17-12-25-9-8-21-17;15-12-3-1-2-10(8-12)4-5-11-6-7-13(17-9-11)14(16)18-19;1-10(2,3)16-9(14)11-4-5-15-6-7(11)8(12)13;/h4-6,9-10,13-14,20H,11-12,15H2,1-3H3;1-3,6-7,10-11,17,21H,8-9,12H2;1-3,6-9,19H,(H2,16,18);7H,4-6H2,1-3H3,(H,12,13);1H. The van der Waals surface area contributed by atoms with Gasteiger partial charge in [0.2, 0.25) is 17.5 Å². The number of aliphatic carboxylic acids is 1. The molecule has 11 rings (SSSR count). The second kappa shape index (κ2) is 34.3. The van der Waals surface area contributed by atoms with E-state index in [0.29, 0.717) is 95.1 Å². The zero-order chi connectivity index (χ0) is 67.2. The number of carboxylic acid groups (broad SMARTS) is 1. The van der Waals surface area contributed by atoms with Crippen LogP contribution in [0.1, 0.15) is 104 Å². The second-order valence-corrected chi connectivity index (χ2v) is 22.4. The van der Waals surface area contributed by atoms with Gasteiger partial charge in [0, 0.05) is 71.6 Å². The summed E-state index contributed by atoms with van der Waals surface area (Å²) in [7, 11) is 0. The van der Waals surface area contributed by atoms with E-state index in [2.05, 4.69) is 81.2 Å². The Morgan fingerprint density at radius 3 is 1.46 bits per heavy atom. The molecule has 24 nitrogen and oxygen atoms in total. The maximum Gasteiger partial charge on any atom is 0.411 e. The molecule has 8 aromatic rings. The molecule has 0 bridgehead atoms.